The molecule has 3 saturated heterocycles. The number of amidine groups is 1. The number of anilines is 1. The molecule has 3 aliphatic heterocycles. The van der Waals surface area contributed by atoms with Crippen molar-refractivity contribution >= 4 is 40.4 Å². The molecule has 0 aliphatic carbocycles. The summed E-state index contributed by atoms with van der Waals surface area (Å²) in [6.45, 7) is 12.4. The Labute approximate surface area is 246 Å². The van der Waals surface area contributed by atoms with E-state index in [2.05, 4.69) is 47.2 Å². The molecule has 6 rings (SSSR count). The lowest BCUT2D eigenvalue weighted by atomic mass is 9.95. The zero-order valence-electron chi connectivity index (χ0n) is 24.1. The van der Waals surface area contributed by atoms with E-state index in [4.69, 9.17) is 16.3 Å². The molecule has 1 spiro atoms. The normalized spacial score (nSPS) is 21.0. The van der Waals surface area contributed by atoms with Crippen molar-refractivity contribution in [2.24, 2.45) is 0 Å². The minimum absolute atomic E-state index is 0.0424. The lowest BCUT2D eigenvalue weighted by Gasteiger charge is -2.30. The highest BCUT2D eigenvalue weighted by molar-refractivity contribution is 6.30. The third-order valence-electron chi connectivity index (χ3n) is 8.37. The number of H-pyrrole nitrogens is 1. The van der Waals surface area contributed by atoms with Gasteiger partial charge in [-0.3, -0.25) is 4.99 Å². The number of halogens is 1. The average Bonchev–Trinajstić information content (AvgIpc) is 3.28. The molecule has 11 heteroatoms. The first-order valence-corrected chi connectivity index (χ1v) is 15.0. The SMILES string of the molecule is CC(C)(C)OC(=O)N1C(=[NH+][C@@H](CCN2CCNCC2)c2ccc(Cl)cc2)C12CCN(c1ncnc3[nH]ccc13)CC2. The average molecular weight is 580 g/mol. The van der Waals surface area contributed by atoms with Crippen LogP contribution in [-0.4, -0.2) is 93.6 Å². The molecule has 0 radical (unpaired) electrons. The third kappa shape index (κ3) is 5.91. The van der Waals surface area contributed by atoms with Crippen molar-refractivity contribution in [3.05, 3.63) is 53.4 Å². The number of ether oxygens (including phenoxy) is 1. The van der Waals surface area contributed by atoms with Gasteiger partial charge in [0.05, 0.1) is 5.39 Å². The topological polar surface area (TPSA) is 103 Å². The molecule has 5 heterocycles. The molecule has 1 atom stereocenters. The monoisotopic (exact) mass is 579 g/mol. The van der Waals surface area contributed by atoms with Gasteiger partial charge in [0.25, 0.3) is 0 Å². The van der Waals surface area contributed by atoms with Gasteiger partial charge in [0.15, 0.2) is 0 Å². The fourth-order valence-electron chi connectivity index (χ4n) is 6.18. The van der Waals surface area contributed by atoms with Gasteiger partial charge in [0, 0.05) is 76.3 Å². The number of fused-ring (bicyclic) bond motifs is 1. The summed E-state index contributed by atoms with van der Waals surface area (Å²) < 4.78 is 5.89. The number of aromatic amines is 1. The summed E-state index contributed by atoms with van der Waals surface area (Å²) in [6.07, 6.45) is 5.71. The molecule has 10 nitrogen and oxygen atoms in total. The maximum atomic E-state index is 13.5. The maximum absolute atomic E-state index is 13.5. The number of piperidine rings is 1. The Morgan fingerprint density at radius 3 is 2.54 bits per heavy atom. The van der Waals surface area contributed by atoms with Gasteiger partial charge in [-0.2, -0.15) is 4.79 Å². The molecular weight excluding hydrogens is 540 g/mol. The van der Waals surface area contributed by atoms with Crippen LogP contribution in [0.2, 0.25) is 5.02 Å². The predicted molar refractivity (Wildman–Crippen MR) is 160 cm³/mol. The van der Waals surface area contributed by atoms with Crippen molar-refractivity contribution in [2.75, 3.05) is 50.7 Å². The van der Waals surface area contributed by atoms with Crippen molar-refractivity contribution in [1.82, 2.24) is 30.1 Å². The van der Waals surface area contributed by atoms with Crippen LogP contribution >= 0.6 is 11.6 Å². The molecule has 2 aromatic heterocycles. The number of nitrogens with one attached hydrogen (secondary N) is 3. The minimum atomic E-state index is -0.578. The summed E-state index contributed by atoms with van der Waals surface area (Å²) >= 11 is 6.24. The van der Waals surface area contributed by atoms with Crippen molar-refractivity contribution < 1.29 is 14.5 Å². The summed E-state index contributed by atoms with van der Waals surface area (Å²) in [5.41, 5.74) is 1.03. The molecule has 1 amide bonds. The second kappa shape index (κ2) is 11.2. The first-order chi connectivity index (χ1) is 19.7. The second-order valence-electron chi connectivity index (χ2n) is 12.2. The molecule has 41 heavy (non-hydrogen) atoms. The van der Waals surface area contributed by atoms with Crippen LogP contribution in [0.4, 0.5) is 10.6 Å². The van der Waals surface area contributed by atoms with Crippen molar-refractivity contribution in [2.45, 2.75) is 57.2 Å². The molecular formula is C30H40ClN8O2+. The van der Waals surface area contributed by atoms with Gasteiger partial charge in [-0.05, 0) is 44.5 Å². The predicted octanol–water partition coefficient (Wildman–Crippen LogP) is 2.72. The standard InChI is InChI=1S/C30H39ClN8O2/c1-29(2,3)41-28(40)39-27(30(39)10-16-38(17-11-30)26-23-8-12-33-25(23)34-20-35-26)36-24(21-4-6-22(31)7-5-21)9-15-37-18-13-32-14-19-37/h4-8,12,20,24,32H,9-11,13-19H2,1-3H3,(H,33,34,35)/p+1/t24-,39?/m0/s1. The molecule has 0 bridgehead atoms. The lowest BCUT2D eigenvalue weighted by molar-refractivity contribution is -0.511. The van der Waals surface area contributed by atoms with Crippen LogP contribution < -0.4 is 15.2 Å². The highest BCUT2D eigenvalue weighted by Gasteiger charge is 2.74. The first kappa shape index (κ1) is 27.9. The Hall–Kier alpha value is -3.21. The molecule has 1 aromatic carbocycles. The van der Waals surface area contributed by atoms with Crippen LogP contribution in [0.5, 0.6) is 0 Å². The van der Waals surface area contributed by atoms with Gasteiger partial charge in [0.2, 0.25) is 5.54 Å². The van der Waals surface area contributed by atoms with Crippen LogP contribution in [0.3, 0.4) is 0 Å². The Balaban J connectivity index is 1.27. The molecule has 218 valence electrons. The molecule has 3 aliphatic rings. The highest BCUT2D eigenvalue weighted by atomic mass is 35.5. The van der Waals surface area contributed by atoms with Gasteiger partial charge >= 0.3 is 11.9 Å². The number of rotatable bonds is 6. The quantitative estimate of drug-likeness (QED) is 0.386. The largest absolute Gasteiger partial charge is 0.508 e. The summed E-state index contributed by atoms with van der Waals surface area (Å²) in [5.74, 6) is 1.89. The fourth-order valence-corrected chi connectivity index (χ4v) is 6.30. The second-order valence-corrected chi connectivity index (χ2v) is 12.7. The van der Waals surface area contributed by atoms with Crippen LogP contribution in [0.1, 0.15) is 51.6 Å². The highest BCUT2D eigenvalue weighted by Crippen LogP contribution is 2.44. The zero-order chi connectivity index (χ0) is 28.6. The number of carbonyl (C=O) groups excluding carboxylic acids is 1. The number of hydrogen-bond donors (Lipinski definition) is 3. The van der Waals surface area contributed by atoms with Crippen molar-refractivity contribution in [1.29, 1.82) is 0 Å². The maximum Gasteiger partial charge on any atom is 0.508 e. The van der Waals surface area contributed by atoms with Crippen LogP contribution in [0.15, 0.2) is 42.9 Å². The third-order valence-corrected chi connectivity index (χ3v) is 8.62. The number of aromatic nitrogens is 3. The fraction of sp³-hybridized carbons (Fsp3) is 0.533. The molecule has 0 saturated carbocycles. The number of piperazine rings is 1. The molecule has 0 unspecified atom stereocenters. The molecule has 3 fully saturated rings. The van der Waals surface area contributed by atoms with Gasteiger partial charge in [-0.15, -0.1) is 4.90 Å². The Kier molecular flexibility index (Phi) is 7.65. The van der Waals surface area contributed by atoms with Gasteiger partial charge in [-0.25, -0.2) is 9.97 Å². The number of carbonyl (C=O) groups is 1. The Morgan fingerprint density at radius 1 is 1.10 bits per heavy atom. The smallest absolute Gasteiger partial charge is 0.425 e. The van der Waals surface area contributed by atoms with E-state index in [0.717, 1.165) is 93.3 Å². The Morgan fingerprint density at radius 2 is 1.83 bits per heavy atom. The van der Waals surface area contributed by atoms with Gasteiger partial charge in [0.1, 0.15) is 29.4 Å². The van der Waals surface area contributed by atoms with Crippen LogP contribution in [0, 0.1) is 0 Å². The number of benzene rings is 1. The van der Waals surface area contributed by atoms with Crippen LogP contribution in [-0.2, 0) is 4.74 Å². The first-order valence-electron chi connectivity index (χ1n) is 14.6. The molecule has 3 aromatic rings. The summed E-state index contributed by atoms with van der Waals surface area (Å²) in [7, 11) is 0. The van der Waals surface area contributed by atoms with Gasteiger partial charge < -0.3 is 24.8 Å². The van der Waals surface area contributed by atoms with E-state index in [-0.39, 0.29) is 17.7 Å². The van der Waals surface area contributed by atoms with E-state index >= 15 is 0 Å². The number of hydrogen-bond acceptors (Lipinski definition) is 7. The summed E-state index contributed by atoms with van der Waals surface area (Å²) in [4.78, 5) is 36.2. The number of amides is 1. The van der Waals surface area contributed by atoms with E-state index < -0.39 is 5.60 Å². The summed E-state index contributed by atoms with van der Waals surface area (Å²) in [6, 6.07) is 10.1. The zero-order valence-corrected chi connectivity index (χ0v) is 24.9. The van der Waals surface area contributed by atoms with Gasteiger partial charge in [-0.1, -0.05) is 23.7 Å². The van der Waals surface area contributed by atoms with Crippen molar-refractivity contribution in [3.63, 3.8) is 0 Å². The Bertz CT molecular complexity index is 1400. The lowest BCUT2D eigenvalue weighted by Crippen LogP contribution is -2.74. The van der Waals surface area contributed by atoms with E-state index in [9.17, 15) is 4.79 Å². The van der Waals surface area contributed by atoms with E-state index in [1.807, 2.05) is 50.1 Å². The minimum Gasteiger partial charge on any atom is -0.425 e. The van der Waals surface area contributed by atoms with Crippen molar-refractivity contribution in [3.8, 4) is 0 Å². The molecule has 3 N–H and O–H groups in total. The number of nitrogens with zero attached hydrogens (tertiary/aromatic N) is 5. The van der Waals surface area contributed by atoms with Crippen LogP contribution in [0.25, 0.3) is 11.0 Å². The van der Waals surface area contributed by atoms with E-state index in [0.29, 0.717) is 5.02 Å². The van der Waals surface area contributed by atoms with E-state index in [1.165, 1.54) is 0 Å². The summed E-state index contributed by atoms with van der Waals surface area (Å²) in [5, 5.41) is 5.17. The van der Waals surface area contributed by atoms with E-state index in [1.54, 1.807) is 6.33 Å².